The molecule has 0 spiro atoms. The number of carbonyl (C=O) groups excluding carboxylic acids is 1. The third kappa shape index (κ3) is 5.16. The summed E-state index contributed by atoms with van der Waals surface area (Å²) in [6.07, 6.45) is 0.980. The summed E-state index contributed by atoms with van der Waals surface area (Å²) in [7, 11) is -1.49. The molecule has 1 aromatic heterocycles. The molecule has 2 aromatic carbocycles. The van der Waals surface area contributed by atoms with Gasteiger partial charge in [0.25, 0.3) is 0 Å². The Morgan fingerprint density at radius 2 is 1.85 bits per heavy atom. The van der Waals surface area contributed by atoms with Crippen molar-refractivity contribution in [3.05, 3.63) is 59.7 Å². The van der Waals surface area contributed by atoms with Crippen LogP contribution in [0.1, 0.15) is 23.1 Å². The van der Waals surface area contributed by atoms with E-state index in [9.17, 15) is 9.00 Å². The van der Waals surface area contributed by atoms with Crippen molar-refractivity contribution in [1.82, 2.24) is 30.1 Å². The topological polar surface area (TPSA) is 98.6 Å². The van der Waals surface area contributed by atoms with E-state index in [2.05, 4.69) is 55.5 Å². The highest BCUT2D eigenvalue weighted by molar-refractivity contribution is 7.85. The van der Waals surface area contributed by atoms with E-state index in [1.807, 2.05) is 36.9 Å². The second kappa shape index (κ2) is 11.1. The Bertz CT molecular complexity index is 1480. The summed E-state index contributed by atoms with van der Waals surface area (Å²) in [6.45, 7) is 15.5. The lowest BCUT2D eigenvalue weighted by Gasteiger charge is -2.30. The number of aromatic nitrogens is 3. The molecule has 0 saturated carbocycles. The van der Waals surface area contributed by atoms with Gasteiger partial charge in [-0.25, -0.2) is 4.21 Å². The van der Waals surface area contributed by atoms with Gasteiger partial charge in [-0.1, -0.05) is 29.5 Å². The normalized spacial score (nSPS) is 18.5. The van der Waals surface area contributed by atoms with Crippen molar-refractivity contribution in [2.75, 3.05) is 69.1 Å². The maximum atomic E-state index is 13.6. The van der Waals surface area contributed by atoms with E-state index in [0.29, 0.717) is 17.4 Å². The van der Waals surface area contributed by atoms with Crippen LogP contribution in [0.25, 0.3) is 11.4 Å². The van der Waals surface area contributed by atoms with Crippen molar-refractivity contribution in [2.45, 2.75) is 30.2 Å². The smallest absolute Gasteiger partial charge is 0.236 e. The van der Waals surface area contributed by atoms with Crippen LogP contribution in [0, 0.1) is 13.8 Å². The van der Waals surface area contributed by atoms with Crippen LogP contribution in [0.5, 0.6) is 0 Å². The van der Waals surface area contributed by atoms with Crippen LogP contribution in [0.3, 0.4) is 0 Å². The highest BCUT2D eigenvalue weighted by Crippen LogP contribution is 2.37. The van der Waals surface area contributed by atoms with Gasteiger partial charge in [-0.3, -0.25) is 9.69 Å². The summed E-state index contributed by atoms with van der Waals surface area (Å²) in [5, 5.41) is 15.8. The van der Waals surface area contributed by atoms with Gasteiger partial charge >= 0.3 is 0 Å². The molecular formula is C29H36N8O2S. The Balaban J connectivity index is 1.21. The largest absolute Gasteiger partial charge is 0.370 e. The van der Waals surface area contributed by atoms with Gasteiger partial charge in [-0.05, 0) is 50.1 Å². The van der Waals surface area contributed by atoms with Gasteiger partial charge in [0.2, 0.25) is 5.91 Å². The van der Waals surface area contributed by atoms with Crippen LogP contribution in [0.15, 0.2) is 52.9 Å². The fourth-order valence-corrected chi connectivity index (χ4v) is 6.90. The van der Waals surface area contributed by atoms with Crippen LogP contribution in [-0.4, -0.2) is 93.8 Å². The predicted molar refractivity (Wildman–Crippen MR) is 157 cm³/mol. The summed E-state index contributed by atoms with van der Waals surface area (Å²) in [4.78, 5) is 20.1. The molecule has 0 radical (unpaired) electrons. The number of piperazine rings is 1. The second-order valence-electron chi connectivity index (χ2n) is 10.7. The Morgan fingerprint density at radius 3 is 2.65 bits per heavy atom. The Morgan fingerprint density at radius 1 is 1.02 bits per heavy atom. The van der Waals surface area contributed by atoms with Crippen molar-refractivity contribution in [2.24, 2.45) is 0 Å². The lowest BCUT2D eigenvalue weighted by Crippen LogP contribution is -2.50. The number of carbonyl (C=O) groups is 1. The standard InChI is InChI=1S/C29H36N8O2S/c1-20-5-8-26(21(2)17-20)40(39)29-28-31-22(3)24-7-6-23(18-25(24)37(28)33-32-29)35-12-4-11-34(15-16-35)19-27(38)36-13-9-30-10-14-36/h5-8,17-18,30-31H,3-4,9-16,19H2,1-2H3. The van der Waals surface area contributed by atoms with Crippen molar-refractivity contribution in [3.8, 4) is 5.69 Å². The van der Waals surface area contributed by atoms with Crippen LogP contribution < -0.4 is 15.5 Å². The first-order valence-electron chi connectivity index (χ1n) is 13.9. The molecule has 6 rings (SSSR count). The first kappa shape index (κ1) is 26.7. The summed E-state index contributed by atoms with van der Waals surface area (Å²) in [5.74, 6) is 0.809. The average molecular weight is 561 g/mol. The molecule has 3 aliphatic heterocycles. The van der Waals surface area contributed by atoms with E-state index < -0.39 is 10.8 Å². The summed E-state index contributed by atoms with van der Waals surface area (Å²) >= 11 is 0. The second-order valence-corrected chi connectivity index (χ2v) is 12.1. The Labute approximate surface area is 237 Å². The maximum absolute atomic E-state index is 13.6. The molecule has 40 heavy (non-hydrogen) atoms. The molecule has 10 nitrogen and oxygen atoms in total. The molecule has 2 N–H and O–H groups in total. The molecule has 0 bridgehead atoms. The monoisotopic (exact) mass is 560 g/mol. The van der Waals surface area contributed by atoms with Crippen molar-refractivity contribution < 1.29 is 9.00 Å². The van der Waals surface area contributed by atoms with Crippen LogP contribution in [-0.2, 0) is 15.6 Å². The minimum atomic E-state index is -1.49. The first-order valence-corrected chi connectivity index (χ1v) is 15.1. The molecule has 2 saturated heterocycles. The number of aryl methyl sites for hydroxylation is 2. The van der Waals surface area contributed by atoms with Crippen LogP contribution in [0.2, 0.25) is 0 Å². The van der Waals surface area contributed by atoms with Gasteiger partial charge in [0.05, 0.1) is 12.2 Å². The summed E-state index contributed by atoms with van der Waals surface area (Å²) in [5.41, 5.74) is 5.69. The summed E-state index contributed by atoms with van der Waals surface area (Å²) in [6, 6.07) is 12.2. The molecule has 2 fully saturated rings. The van der Waals surface area contributed by atoms with Crippen molar-refractivity contribution in [3.63, 3.8) is 0 Å². The average Bonchev–Trinajstić information content (AvgIpc) is 3.24. The van der Waals surface area contributed by atoms with E-state index in [1.165, 1.54) is 0 Å². The van der Waals surface area contributed by atoms with E-state index in [-0.39, 0.29) is 5.91 Å². The maximum Gasteiger partial charge on any atom is 0.236 e. The number of nitrogens with one attached hydrogen (secondary N) is 2. The Kier molecular flexibility index (Phi) is 7.43. The number of hydrogen-bond donors (Lipinski definition) is 2. The Hall–Kier alpha value is -3.54. The predicted octanol–water partition coefficient (Wildman–Crippen LogP) is 2.39. The number of rotatable bonds is 5. The van der Waals surface area contributed by atoms with Gasteiger partial charge in [-0.15, -0.1) is 5.10 Å². The fraction of sp³-hybridized carbons (Fsp3) is 0.414. The van der Waals surface area contributed by atoms with Gasteiger partial charge in [-0.2, -0.15) is 4.68 Å². The molecule has 0 aliphatic carbocycles. The first-order chi connectivity index (χ1) is 19.4. The zero-order valence-electron chi connectivity index (χ0n) is 23.2. The number of benzene rings is 2. The van der Waals surface area contributed by atoms with Crippen LogP contribution >= 0.6 is 0 Å². The minimum Gasteiger partial charge on any atom is -0.370 e. The van der Waals surface area contributed by atoms with Crippen LogP contribution in [0.4, 0.5) is 11.5 Å². The number of amides is 1. The number of fused-ring (bicyclic) bond motifs is 3. The summed E-state index contributed by atoms with van der Waals surface area (Å²) < 4.78 is 15.3. The number of hydrogen-bond acceptors (Lipinski definition) is 8. The molecule has 3 aromatic rings. The van der Waals surface area contributed by atoms with E-state index in [4.69, 9.17) is 0 Å². The highest BCUT2D eigenvalue weighted by Gasteiger charge is 2.29. The molecule has 4 heterocycles. The van der Waals surface area contributed by atoms with Gasteiger partial charge in [0, 0.05) is 74.2 Å². The molecule has 11 heteroatoms. The highest BCUT2D eigenvalue weighted by atomic mass is 32.2. The zero-order valence-corrected chi connectivity index (χ0v) is 24.0. The number of nitrogens with zero attached hydrogens (tertiary/aromatic N) is 6. The van der Waals surface area contributed by atoms with Crippen molar-refractivity contribution in [1.29, 1.82) is 0 Å². The SMILES string of the molecule is C=C1Nc2c(S(=O)c3ccc(C)cc3C)nnn2-c2cc(N3CCCN(CC(=O)N4CCNCC4)CC3)ccc21. The lowest BCUT2D eigenvalue weighted by molar-refractivity contribution is -0.132. The van der Waals surface area contributed by atoms with E-state index in [0.717, 1.165) is 97.4 Å². The molecular weight excluding hydrogens is 524 g/mol. The van der Waals surface area contributed by atoms with E-state index >= 15 is 0 Å². The third-order valence-corrected chi connectivity index (χ3v) is 9.42. The molecule has 1 unspecified atom stereocenters. The number of anilines is 2. The lowest BCUT2D eigenvalue weighted by atomic mass is 10.1. The third-order valence-electron chi connectivity index (χ3n) is 7.93. The minimum absolute atomic E-state index is 0.225. The fourth-order valence-electron chi connectivity index (χ4n) is 5.73. The molecule has 3 aliphatic rings. The van der Waals surface area contributed by atoms with Gasteiger partial charge in [0.1, 0.15) is 10.8 Å². The molecule has 1 atom stereocenters. The van der Waals surface area contributed by atoms with Gasteiger partial charge < -0.3 is 20.4 Å². The van der Waals surface area contributed by atoms with Gasteiger partial charge in [0.15, 0.2) is 10.8 Å². The quantitative estimate of drug-likeness (QED) is 0.491. The zero-order chi connectivity index (χ0) is 27.8. The molecule has 210 valence electrons. The van der Waals surface area contributed by atoms with E-state index in [1.54, 1.807) is 4.68 Å². The van der Waals surface area contributed by atoms with Crippen molar-refractivity contribution >= 4 is 33.9 Å². The molecule has 1 amide bonds.